The zero-order valence-corrected chi connectivity index (χ0v) is 13.3. The van der Waals surface area contributed by atoms with Gasteiger partial charge in [0.15, 0.2) is 6.79 Å². The van der Waals surface area contributed by atoms with Crippen molar-refractivity contribution in [3.63, 3.8) is 0 Å². The third-order valence-electron chi connectivity index (χ3n) is 4.29. The van der Waals surface area contributed by atoms with E-state index in [0.29, 0.717) is 0 Å². The monoisotopic (exact) mass is 293 g/mol. The Bertz CT molecular complexity index is 436. The molecule has 0 aliphatic heterocycles. The number of benzene rings is 1. The fraction of sp³-hybridized carbons (Fsp3) is 0.647. The van der Waals surface area contributed by atoms with Crippen molar-refractivity contribution in [2.75, 3.05) is 28.0 Å². The van der Waals surface area contributed by atoms with E-state index in [-0.39, 0.29) is 24.9 Å². The van der Waals surface area contributed by atoms with Crippen molar-refractivity contribution in [3.8, 4) is 5.75 Å². The van der Waals surface area contributed by atoms with Gasteiger partial charge in [-0.25, -0.2) is 0 Å². The Labute approximate surface area is 127 Å². The highest BCUT2D eigenvalue weighted by Gasteiger charge is 2.33. The van der Waals surface area contributed by atoms with Gasteiger partial charge in [-0.3, -0.25) is 0 Å². The first-order valence-corrected chi connectivity index (χ1v) is 7.69. The number of methoxy groups -OCH3 is 1. The number of aliphatic hydroxyl groups is 1. The lowest BCUT2D eigenvalue weighted by atomic mass is 9.78. The van der Waals surface area contributed by atoms with E-state index >= 15 is 0 Å². The number of nitrogens with zero attached hydrogens (tertiary/aromatic N) is 1. The van der Waals surface area contributed by atoms with Gasteiger partial charge in [0.2, 0.25) is 0 Å². The lowest BCUT2D eigenvalue weighted by Gasteiger charge is -2.38. The molecule has 0 aromatic heterocycles. The van der Waals surface area contributed by atoms with Crippen molar-refractivity contribution in [1.82, 2.24) is 4.90 Å². The van der Waals surface area contributed by atoms with Gasteiger partial charge in [-0.2, -0.15) is 0 Å². The Morgan fingerprint density at radius 1 is 1.29 bits per heavy atom. The molecule has 0 radical (unpaired) electrons. The Balaban J connectivity index is 2.21. The van der Waals surface area contributed by atoms with Gasteiger partial charge >= 0.3 is 0 Å². The molecule has 4 nitrogen and oxygen atoms in total. The maximum absolute atomic E-state index is 10.4. The average Bonchev–Trinajstić information content (AvgIpc) is 2.47. The minimum Gasteiger partial charge on any atom is -0.468 e. The van der Waals surface area contributed by atoms with Crippen LogP contribution >= 0.6 is 0 Å². The van der Waals surface area contributed by atoms with Gasteiger partial charge in [-0.15, -0.1) is 0 Å². The zero-order chi connectivity index (χ0) is 15.2. The van der Waals surface area contributed by atoms with Gasteiger partial charge < -0.3 is 19.5 Å². The predicted molar refractivity (Wildman–Crippen MR) is 83.3 cm³/mol. The van der Waals surface area contributed by atoms with Crippen LogP contribution in [0.4, 0.5) is 0 Å². The fourth-order valence-corrected chi connectivity index (χ4v) is 3.35. The molecule has 1 unspecified atom stereocenters. The second kappa shape index (κ2) is 7.78. The van der Waals surface area contributed by atoms with E-state index in [9.17, 15) is 5.11 Å². The van der Waals surface area contributed by atoms with Gasteiger partial charge in [-0.1, -0.05) is 25.0 Å². The predicted octanol–water partition coefficient (Wildman–Crippen LogP) is 2.82. The second-order valence-electron chi connectivity index (χ2n) is 6.05. The average molecular weight is 293 g/mol. The van der Waals surface area contributed by atoms with Crippen molar-refractivity contribution in [1.29, 1.82) is 0 Å². The quantitative estimate of drug-likeness (QED) is 0.819. The third-order valence-corrected chi connectivity index (χ3v) is 4.29. The van der Waals surface area contributed by atoms with Crippen LogP contribution in [0.5, 0.6) is 5.75 Å². The van der Waals surface area contributed by atoms with Crippen LogP contribution in [0.1, 0.15) is 37.3 Å². The van der Waals surface area contributed by atoms with Gasteiger partial charge in [-0.05, 0) is 44.6 Å². The standard InChI is InChI=1S/C17H27NO3/c1-18(2)17(15-9-4-5-10-16(15)19)13-7-6-8-14(11-13)21-12-20-3/h6-8,11,15-17,19H,4-5,9-10,12H2,1-3H3/t15-,16-,17?/m0/s1. The van der Waals surface area contributed by atoms with E-state index < -0.39 is 0 Å². The van der Waals surface area contributed by atoms with Crippen molar-refractivity contribution >= 4 is 0 Å². The highest BCUT2D eigenvalue weighted by molar-refractivity contribution is 5.31. The Kier molecular flexibility index (Phi) is 6.03. The molecule has 4 heteroatoms. The van der Waals surface area contributed by atoms with Gasteiger partial charge in [0.1, 0.15) is 5.75 Å². The number of hydrogen-bond acceptors (Lipinski definition) is 4. The second-order valence-corrected chi connectivity index (χ2v) is 6.05. The summed E-state index contributed by atoms with van der Waals surface area (Å²) in [5.74, 6) is 1.10. The molecular weight excluding hydrogens is 266 g/mol. The summed E-state index contributed by atoms with van der Waals surface area (Å²) in [4.78, 5) is 2.20. The highest BCUT2D eigenvalue weighted by atomic mass is 16.7. The third kappa shape index (κ3) is 4.19. The molecule has 0 heterocycles. The van der Waals surface area contributed by atoms with Crippen LogP contribution in [0.15, 0.2) is 24.3 Å². The fourth-order valence-electron chi connectivity index (χ4n) is 3.35. The number of ether oxygens (including phenoxy) is 2. The molecule has 0 spiro atoms. The lowest BCUT2D eigenvalue weighted by Crippen LogP contribution is -2.36. The summed E-state index contributed by atoms with van der Waals surface area (Å²) >= 11 is 0. The van der Waals surface area contributed by atoms with E-state index in [2.05, 4.69) is 31.1 Å². The summed E-state index contributed by atoms with van der Waals surface area (Å²) < 4.78 is 10.5. The molecule has 0 bridgehead atoms. The lowest BCUT2D eigenvalue weighted by molar-refractivity contribution is 0.0217. The van der Waals surface area contributed by atoms with Crippen LogP contribution in [0.3, 0.4) is 0 Å². The Hall–Kier alpha value is -1.10. The van der Waals surface area contributed by atoms with Crippen LogP contribution in [-0.4, -0.2) is 44.1 Å². The molecule has 1 saturated carbocycles. The molecule has 1 N–H and O–H groups in total. The summed E-state index contributed by atoms with van der Waals surface area (Å²) in [6.45, 7) is 0.252. The van der Waals surface area contributed by atoms with Crippen LogP contribution in [0.25, 0.3) is 0 Å². The summed E-state index contributed by atoms with van der Waals surface area (Å²) in [5, 5.41) is 10.4. The number of hydrogen-bond donors (Lipinski definition) is 1. The molecule has 0 saturated heterocycles. The van der Waals surface area contributed by atoms with Crippen molar-refractivity contribution < 1.29 is 14.6 Å². The minimum absolute atomic E-state index is 0.213. The topological polar surface area (TPSA) is 41.9 Å². The highest BCUT2D eigenvalue weighted by Crippen LogP contribution is 2.38. The van der Waals surface area contributed by atoms with E-state index in [4.69, 9.17) is 9.47 Å². The summed E-state index contributed by atoms with van der Waals surface area (Å²) in [6, 6.07) is 8.33. The van der Waals surface area contributed by atoms with E-state index in [1.54, 1.807) is 7.11 Å². The number of aliphatic hydroxyl groups excluding tert-OH is 1. The van der Waals surface area contributed by atoms with Crippen LogP contribution in [0, 0.1) is 5.92 Å². The molecule has 21 heavy (non-hydrogen) atoms. The first kappa shape index (κ1) is 16.3. The van der Waals surface area contributed by atoms with Crippen molar-refractivity contribution in [3.05, 3.63) is 29.8 Å². The van der Waals surface area contributed by atoms with E-state index in [1.165, 1.54) is 12.0 Å². The molecule has 2 rings (SSSR count). The molecule has 1 aliphatic rings. The Morgan fingerprint density at radius 2 is 2.05 bits per heavy atom. The summed E-state index contributed by atoms with van der Waals surface area (Å²) in [6.07, 6.45) is 4.11. The van der Waals surface area contributed by atoms with E-state index in [1.807, 2.05) is 12.1 Å². The molecule has 118 valence electrons. The molecule has 1 aromatic rings. The first-order valence-electron chi connectivity index (χ1n) is 7.69. The maximum Gasteiger partial charge on any atom is 0.188 e. The minimum atomic E-state index is -0.213. The van der Waals surface area contributed by atoms with Gasteiger partial charge in [0, 0.05) is 19.1 Å². The van der Waals surface area contributed by atoms with Gasteiger partial charge in [0.05, 0.1) is 6.10 Å². The molecule has 1 aliphatic carbocycles. The van der Waals surface area contributed by atoms with Crippen molar-refractivity contribution in [2.45, 2.75) is 37.8 Å². The molecule has 3 atom stereocenters. The van der Waals surface area contributed by atoms with Crippen molar-refractivity contribution in [2.24, 2.45) is 5.92 Å². The molecular formula is C17H27NO3. The van der Waals surface area contributed by atoms with Gasteiger partial charge in [0.25, 0.3) is 0 Å². The first-order chi connectivity index (χ1) is 10.1. The summed E-state index contributed by atoms with van der Waals surface area (Å²) in [5.41, 5.74) is 1.19. The molecule has 0 amide bonds. The smallest absolute Gasteiger partial charge is 0.188 e. The van der Waals surface area contributed by atoms with Crippen LogP contribution in [-0.2, 0) is 4.74 Å². The van der Waals surface area contributed by atoms with E-state index in [0.717, 1.165) is 25.0 Å². The summed E-state index contributed by atoms with van der Waals surface area (Å²) in [7, 11) is 5.77. The molecule has 1 fully saturated rings. The maximum atomic E-state index is 10.4. The SMILES string of the molecule is COCOc1cccc(C([C@H]2CCCC[C@@H]2O)N(C)C)c1. The number of rotatable bonds is 6. The van der Waals surface area contributed by atoms with Crippen LogP contribution in [0.2, 0.25) is 0 Å². The molecule has 1 aromatic carbocycles. The zero-order valence-electron chi connectivity index (χ0n) is 13.3. The largest absolute Gasteiger partial charge is 0.468 e. The normalized spacial score (nSPS) is 24.0. The Morgan fingerprint density at radius 3 is 2.71 bits per heavy atom. The van der Waals surface area contributed by atoms with Crippen LogP contribution < -0.4 is 4.74 Å².